The predicted molar refractivity (Wildman–Crippen MR) is 51.4 cm³/mol. The summed E-state index contributed by atoms with van der Waals surface area (Å²) in [6.45, 7) is 4.26. The fraction of sp³-hybridized carbons (Fsp3) is 0.900. The smallest absolute Gasteiger partial charge is 0.308 e. The molecule has 3 nitrogen and oxygen atoms in total. The lowest BCUT2D eigenvalue weighted by Gasteiger charge is -2.15. The lowest BCUT2D eigenvalue weighted by Crippen LogP contribution is -2.33. The fourth-order valence-corrected chi connectivity index (χ4v) is 1.99. The third-order valence-electron chi connectivity index (χ3n) is 2.54. The van der Waals surface area contributed by atoms with Crippen LogP contribution in [0.5, 0.6) is 0 Å². The molecule has 13 heavy (non-hydrogen) atoms. The van der Waals surface area contributed by atoms with Crippen LogP contribution in [0.15, 0.2) is 0 Å². The molecular formula is C10H19NO2. The first-order valence-electron chi connectivity index (χ1n) is 4.97. The maximum atomic E-state index is 11.2. The van der Waals surface area contributed by atoms with Crippen molar-refractivity contribution in [1.82, 2.24) is 5.32 Å². The molecule has 0 saturated heterocycles. The Hall–Kier alpha value is -0.570. The van der Waals surface area contributed by atoms with Gasteiger partial charge in [-0.05, 0) is 19.3 Å². The average molecular weight is 185 g/mol. The second kappa shape index (κ2) is 4.61. The summed E-state index contributed by atoms with van der Waals surface area (Å²) in [5.74, 6) is 0.0781. The van der Waals surface area contributed by atoms with E-state index in [0.717, 1.165) is 19.3 Å². The third-order valence-corrected chi connectivity index (χ3v) is 2.54. The van der Waals surface area contributed by atoms with E-state index in [1.165, 1.54) is 7.11 Å². The Bertz CT molecular complexity index is 180. The van der Waals surface area contributed by atoms with Crippen molar-refractivity contribution in [2.24, 2.45) is 5.92 Å². The van der Waals surface area contributed by atoms with E-state index in [2.05, 4.69) is 19.2 Å². The predicted octanol–water partition coefficient (Wildman–Crippen LogP) is 1.33. The van der Waals surface area contributed by atoms with E-state index >= 15 is 0 Å². The first-order chi connectivity index (χ1) is 6.13. The molecule has 0 radical (unpaired) electrons. The van der Waals surface area contributed by atoms with Crippen LogP contribution < -0.4 is 5.32 Å². The number of rotatable bonds is 3. The zero-order valence-electron chi connectivity index (χ0n) is 8.67. The van der Waals surface area contributed by atoms with Crippen molar-refractivity contribution in [2.45, 2.75) is 45.2 Å². The van der Waals surface area contributed by atoms with E-state index in [1.54, 1.807) is 0 Å². The van der Waals surface area contributed by atoms with Gasteiger partial charge in [0.15, 0.2) is 0 Å². The third kappa shape index (κ3) is 2.99. The lowest BCUT2D eigenvalue weighted by molar-refractivity contribution is -0.145. The number of methoxy groups -OCH3 is 1. The van der Waals surface area contributed by atoms with Gasteiger partial charge in [0.25, 0.3) is 0 Å². The minimum Gasteiger partial charge on any atom is -0.469 e. The second-order valence-electron chi connectivity index (χ2n) is 4.05. The number of esters is 1. The van der Waals surface area contributed by atoms with Gasteiger partial charge < -0.3 is 10.1 Å². The van der Waals surface area contributed by atoms with E-state index in [0.29, 0.717) is 12.1 Å². The molecule has 1 N–H and O–H groups in total. The van der Waals surface area contributed by atoms with Crippen molar-refractivity contribution in [1.29, 1.82) is 0 Å². The molecule has 1 rings (SSSR count). The first kappa shape index (κ1) is 10.5. The number of ether oxygens (including phenoxy) is 1. The zero-order chi connectivity index (χ0) is 9.84. The van der Waals surface area contributed by atoms with Crippen LogP contribution in [-0.2, 0) is 9.53 Å². The Morgan fingerprint density at radius 3 is 2.69 bits per heavy atom. The van der Waals surface area contributed by atoms with Gasteiger partial charge in [-0.2, -0.15) is 0 Å². The molecule has 0 heterocycles. The highest BCUT2D eigenvalue weighted by atomic mass is 16.5. The van der Waals surface area contributed by atoms with Crippen LogP contribution in [0.1, 0.15) is 33.1 Å². The Balaban J connectivity index is 2.32. The Labute approximate surface area is 79.8 Å². The first-order valence-corrected chi connectivity index (χ1v) is 4.97. The van der Waals surface area contributed by atoms with E-state index in [1.807, 2.05) is 0 Å². The summed E-state index contributed by atoms with van der Waals surface area (Å²) in [5.41, 5.74) is 0. The molecular weight excluding hydrogens is 166 g/mol. The largest absolute Gasteiger partial charge is 0.469 e. The Morgan fingerprint density at radius 1 is 1.46 bits per heavy atom. The standard InChI is InChI=1S/C10H19NO2/c1-7(2)11-9-5-4-8(6-9)10(12)13-3/h7-9,11H,4-6H2,1-3H3/t8-,9-/m1/s1. The fourth-order valence-electron chi connectivity index (χ4n) is 1.99. The molecule has 1 saturated carbocycles. The molecule has 1 aliphatic rings. The molecule has 2 atom stereocenters. The summed E-state index contributed by atoms with van der Waals surface area (Å²) < 4.78 is 4.72. The molecule has 0 bridgehead atoms. The van der Waals surface area contributed by atoms with Gasteiger partial charge >= 0.3 is 5.97 Å². The van der Waals surface area contributed by atoms with E-state index < -0.39 is 0 Å². The number of carbonyl (C=O) groups excluding carboxylic acids is 1. The monoisotopic (exact) mass is 185 g/mol. The number of hydrogen-bond acceptors (Lipinski definition) is 3. The molecule has 0 aromatic rings. The van der Waals surface area contributed by atoms with E-state index in [9.17, 15) is 4.79 Å². The Kier molecular flexibility index (Phi) is 3.72. The quantitative estimate of drug-likeness (QED) is 0.674. The van der Waals surface area contributed by atoms with Gasteiger partial charge in [0.1, 0.15) is 0 Å². The van der Waals surface area contributed by atoms with Gasteiger partial charge in [-0.15, -0.1) is 0 Å². The van der Waals surface area contributed by atoms with Crippen molar-refractivity contribution < 1.29 is 9.53 Å². The van der Waals surface area contributed by atoms with Gasteiger partial charge in [-0.25, -0.2) is 0 Å². The summed E-state index contributed by atoms with van der Waals surface area (Å²) in [5, 5.41) is 3.44. The van der Waals surface area contributed by atoms with Crippen molar-refractivity contribution in [3.63, 3.8) is 0 Å². The highest BCUT2D eigenvalue weighted by Gasteiger charge is 2.30. The molecule has 3 heteroatoms. The van der Waals surface area contributed by atoms with Crippen molar-refractivity contribution in [3.8, 4) is 0 Å². The van der Waals surface area contributed by atoms with Crippen LogP contribution in [0.2, 0.25) is 0 Å². The molecule has 0 aliphatic heterocycles. The van der Waals surface area contributed by atoms with E-state index in [4.69, 9.17) is 4.74 Å². The van der Waals surface area contributed by atoms with Gasteiger partial charge in [-0.1, -0.05) is 13.8 Å². The SMILES string of the molecule is COC(=O)[C@@H]1CC[C@@H](NC(C)C)C1. The maximum absolute atomic E-state index is 11.2. The van der Waals surface area contributed by atoms with Gasteiger partial charge in [0.05, 0.1) is 13.0 Å². The molecule has 0 amide bonds. The van der Waals surface area contributed by atoms with Crippen molar-refractivity contribution in [3.05, 3.63) is 0 Å². The molecule has 0 unspecified atom stereocenters. The number of hydrogen-bond donors (Lipinski definition) is 1. The lowest BCUT2D eigenvalue weighted by atomic mass is 10.1. The maximum Gasteiger partial charge on any atom is 0.308 e. The number of carbonyl (C=O) groups is 1. The van der Waals surface area contributed by atoms with Crippen LogP contribution in [-0.4, -0.2) is 25.2 Å². The van der Waals surface area contributed by atoms with Crippen molar-refractivity contribution in [2.75, 3.05) is 7.11 Å². The van der Waals surface area contributed by atoms with Crippen LogP contribution in [0, 0.1) is 5.92 Å². The van der Waals surface area contributed by atoms with E-state index in [-0.39, 0.29) is 11.9 Å². The second-order valence-corrected chi connectivity index (χ2v) is 4.05. The van der Waals surface area contributed by atoms with Gasteiger partial charge in [-0.3, -0.25) is 4.79 Å². The molecule has 0 aromatic heterocycles. The van der Waals surface area contributed by atoms with Crippen LogP contribution in [0.4, 0.5) is 0 Å². The highest BCUT2D eigenvalue weighted by Crippen LogP contribution is 2.26. The minimum atomic E-state index is -0.0481. The molecule has 1 fully saturated rings. The van der Waals surface area contributed by atoms with Crippen LogP contribution in [0.25, 0.3) is 0 Å². The molecule has 0 aromatic carbocycles. The van der Waals surface area contributed by atoms with Gasteiger partial charge in [0, 0.05) is 12.1 Å². The average Bonchev–Trinajstić information content (AvgIpc) is 2.50. The van der Waals surface area contributed by atoms with Crippen molar-refractivity contribution >= 4 is 5.97 Å². The summed E-state index contributed by atoms with van der Waals surface area (Å²) >= 11 is 0. The highest BCUT2D eigenvalue weighted by molar-refractivity contribution is 5.72. The summed E-state index contributed by atoms with van der Waals surface area (Å²) in [6, 6.07) is 1.01. The van der Waals surface area contributed by atoms with Crippen LogP contribution >= 0.6 is 0 Å². The summed E-state index contributed by atoms with van der Waals surface area (Å²) in [7, 11) is 1.46. The normalized spacial score (nSPS) is 28.0. The Morgan fingerprint density at radius 2 is 2.15 bits per heavy atom. The van der Waals surface area contributed by atoms with Gasteiger partial charge in [0.2, 0.25) is 0 Å². The topological polar surface area (TPSA) is 38.3 Å². The summed E-state index contributed by atoms with van der Waals surface area (Å²) in [4.78, 5) is 11.2. The van der Waals surface area contributed by atoms with Crippen LogP contribution in [0.3, 0.4) is 0 Å². The minimum absolute atomic E-state index is 0.0481. The molecule has 1 aliphatic carbocycles. The molecule has 76 valence electrons. The summed E-state index contributed by atoms with van der Waals surface area (Å²) in [6.07, 6.45) is 3.00. The molecule has 0 spiro atoms. The number of nitrogens with one attached hydrogen (secondary N) is 1. The zero-order valence-corrected chi connectivity index (χ0v) is 8.67.